The van der Waals surface area contributed by atoms with E-state index in [-0.39, 0.29) is 5.89 Å². The summed E-state index contributed by atoms with van der Waals surface area (Å²) in [5.74, 6) is 2.43. The first-order chi connectivity index (χ1) is 14.8. The molecular weight excluding hydrogens is 378 g/mol. The van der Waals surface area contributed by atoms with Gasteiger partial charge in [0, 0.05) is 22.7 Å². The lowest BCUT2D eigenvalue weighted by Crippen LogP contribution is -1.99. The first kappa shape index (κ1) is 17.8. The third-order valence-electron chi connectivity index (χ3n) is 4.57. The molecule has 0 fully saturated rings. The lowest BCUT2D eigenvalue weighted by Gasteiger charge is -2.10. The summed E-state index contributed by atoms with van der Waals surface area (Å²) in [6.07, 6.45) is 0. The van der Waals surface area contributed by atoms with Crippen molar-refractivity contribution in [3.05, 3.63) is 78.9 Å². The van der Waals surface area contributed by atoms with Crippen LogP contribution in [0.15, 0.2) is 83.3 Å². The van der Waals surface area contributed by atoms with Gasteiger partial charge in [-0.05, 0) is 36.4 Å². The van der Waals surface area contributed by atoms with Gasteiger partial charge in [0.25, 0.3) is 5.89 Å². The molecule has 0 aliphatic heterocycles. The number of aromatic nitrogens is 4. The fourth-order valence-corrected chi connectivity index (χ4v) is 3.12. The quantitative estimate of drug-likeness (QED) is 0.443. The van der Waals surface area contributed by atoms with E-state index in [1.807, 2.05) is 78.9 Å². The Morgan fingerprint density at radius 2 is 1.60 bits per heavy atom. The topological polar surface area (TPSA) is 86.0 Å². The molecule has 146 valence electrons. The lowest BCUT2D eigenvalue weighted by atomic mass is 10.2. The predicted molar refractivity (Wildman–Crippen MR) is 115 cm³/mol. The number of para-hydroxylation sites is 1. The fourth-order valence-electron chi connectivity index (χ4n) is 3.12. The largest absolute Gasteiger partial charge is 0.497 e. The van der Waals surface area contributed by atoms with Crippen LogP contribution < -0.4 is 10.1 Å². The van der Waals surface area contributed by atoms with Crippen molar-refractivity contribution in [3.8, 4) is 28.9 Å². The molecule has 0 bridgehead atoms. The third-order valence-corrected chi connectivity index (χ3v) is 4.57. The van der Waals surface area contributed by atoms with Crippen LogP contribution in [0.5, 0.6) is 5.75 Å². The minimum absolute atomic E-state index is 0.258. The molecule has 3 aromatic carbocycles. The first-order valence-electron chi connectivity index (χ1n) is 9.37. The van der Waals surface area contributed by atoms with Gasteiger partial charge in [-0.1, -0.05) is 36.4 Å². The van der Waals surface area contributed by atoms with E-state index < -0.39 is 0 Å². The van der Waals surface area contributed by atoms with Gasteiger partial charge in [0.05, 0.1) is 12.6 Å². The summed E-state index contributed by atoms with van der Waals surface area (Å²) in [6.45, 7) is 0. The van der Waals surface area contributed by atoms with E-state index >= 15 is 0 Å². The Labute approximate surface area is 172 Å². The number of nitrogens with zero attached hydrogens (tertiary/aromatic N) is 4. The van der Waals surface area contributed by atoms with E-state index in [2.05, 4.69) is 25.5 Å². The summed E-state index contributed by atoms with van der Waals surface area (Å²) in [5.41, 5.74) is 2.46. The van der Waals surface area contributed by atoms with Crippen LogP contribution in [0.1, 0.15) is 0 Å². The van der Waals surface area contributed by atoms with Gasteiger partial charge in [-0.3, -0.25) is 0 Å². The number of benzene rings is 3. The van der Waals surface area contributed by atoms with Gasteiger partial charge in [-0.2, -0.15) is 0 Å². The van der Waals surface area contributed by atoms with Crippen molar-refractivity contribution in [1.82, 2.24) is 20.2 Å². The van der Waals surface area contributed by atoms with Crippen LogP contribution in [-0.4, -0.2) is 27.3 Å². The van der Waals surface area contributed by atoms with E-state index in [0.29, 0.717) is 17.5 Å². The highest BCUT2D eigenvalue weighted by Gasteiger charge is 2.16. The second kappa shape index (κ2) is 7.63. The summed E-state index contributed by atoms with van der Waals surface area (Å²) in [5, 5.41) is 12.5. The fraction of sp³-hybridized carbons (Fsp3) is 0.0435. The Bertz CT molecular complexity index is 1320. The van der Waals surface area contributed by atoms with Gasteiger partial charge in [0.1, 0.15) is 11.6 Å². The SMILES string of the molecule is COc1cccc(Nc2nc(-c3nnc(-c4ccccc4)o3)nc3ccccc23)c1. The molecule has 0 radical (unpaired) electrons. The molecule has 30 heavy (non-hydrogen) atoms. The monoisotopic (exact) mass is 395 g/mol. The molecule has 0 atom stereocenters. The molecule has 0 amide bonds. The molecule has 7 nitrogen and oxygen atoms in total. The van der Waals surface area contributed by atoms with E-state index in [4.69, 9.17) is 9.15 Å². The molecule has 1 N–H and O–H groups in total. The smallest absolute Gasteiger partial charge is 0.286 e. The molecule has 0 aliphatic carbocycles. The molecule has 0 spiro atoms. The third kappa shape index (κ3) is 3.44. The number of hydrogen-bond acceptors (Lipinski definition) is 7. The number of ether oxygens (including phenoxy) is 1. The molecule has 7 heteroatoms. The molecule has 0 saturated carbocycles. The number of nitrogens with one attached hydrogen (secondary N) is 1. The van der Waals surface area contributed by atoms with E-state index in [1.54, 1.807) is 7.11 Å². The van der Waals surface area contributed by atoms with E-state index in [9.17, 15) is 0 Å². The summed E-state index contributed by atoms with van der Waals surface area (Å²) in [6, 6.07) is 25.0. The predicted octanol–water partition coefficient (Wildman–Crippen LogP) is 5.10. The van der Waals surface area contributed by atoms with Gasteiger partial charge in [-0.15, -0.1) is 10.2 Å². The highest BCUT2D eigenvalue weighted by Crippen LogP contribution is 2.29. The standard InChI is InChI=1S/C23H17N5O2/c1-29-17-11-7-10-16(14-17)24-20-18-12-5-6-13-19(18)25-21(26-20)23-28-27-22(30-23)15-8-3-2-4-9-15/h2-14H,1H3,(H,24,25,26). The highest BCUT2D eigenvalue weighted by molar-refractivity contribution is 5.91. The Kier molecular flexibility index (Phi) is 4.53. The summed E-state index contributed by atoms with van der Waals surface area (Å²) in [4.78, 5) is 9.29. The Morgan fingerprint density at radius 3 is 2.47 bits per heavy atom. The minimum Gasteiger partial charge on any atom is -0.497 e. The average Bonchev–Trinajstić information content (AvgIpc) is 3.30. The zero-order chi connectivity index (χ0) is 20.3. The summed E-state index contributed by atoms with van der Waals surface area (Å²) < 4.78 is 11.2. The molecule has 0 unspecified atom stereocenters. The second-order valence-electron chi connectivity index (χ2n) is 6.55. The van der Waals surface area contributed by atoms with Crippen molar-refractivity contribution in [2.75, 3.05) is 12.4 Å². The van der Waals surface area contributed by atoms with E-state index in [0.717, 1.165) is 27.9 Å². The van der Waals surface area contributed by atoms with Crippen LogP contribution in [0.3, 0.4) is 0 Å². The molecule has 0 saturated heterocycles. The van der Waals surface area contributed by atoms with Crippen molar-refractivity contribution in [3.63, 3.8) is 0 Å². The average molecular weight is 395 g/mol. The van der Waals surface area contributed by atoms with Gasteiger partial charge in [0.15, 0.2) is 0 Å². The molecule has 2 heterocycles. The molecule has 0 aliphatic rings. The molecule has 2 aromatic heterocycles. The second-order valence-corrected chi connectivity index (χ2v) is 6.55. The van der Waals surface area contributed by atoms with Crippen molar-refractivity contribution in [1.29, 1.82) is 0 Å². The summed E-state index contributed by atoms with van der Waals surface area (Å²) >= 11 is 0. The molecule has 5 aromatic rings. The number of anilines is 2. The van der Waals surface area contributed by atoms with Crippen molar-refractivity contribution >= 4 is 22.4 Å². The zero-order valence-electron chi connectivity index (χ0n) is 16.1. The Balaban J connectivity index is 1.58. The number of hydrogen-bond donors (Lipinski definition) is 1. The first-order valence-corrected chi connectivity index (χ1v) is 9.37. The Hall–Kier alpha value is -4.26. The van der Waals surface area contributed by atoms with Crippen LogP contribution in [0, 0.1) is 0 Å². The number of rotatable bonds is 5. The zero-order valence-corrected chi connectivity index (χ0v) is 16.1. The van der Waals surface area contributed by atoms with Gasteiger partial charge in [0.2, 0.25) is 11.7 Å². The van der Waals surface area contributed by atoms with Crippen LogP contribution in [0.25, 0.3) is 34.1 Å². The number of methoxy groups -OCH3 is 1. The van der Waals surface area contributed by atoms with Crippen LogP contribution in [-0.2, 0) is 0 Å². The minimum atomic E-state index is 0.258. The van der Waals surface area contributed by atoms with Crippen LogP contribution in [0.2, 0.25) is 0 Å². The van der Waals surface area contributed by atoms with Gasteiger partial charge < -0.3 is 14.5 Å². The Morgan fingerprint density at radius 1 is 0.800 bits per heavy atom. The maximum atomic E-state index is 5.85. The lowest BCUT2D eigenvalue weighted by molar-refractivity contribution is 0.415. The normalized spacial score (nSPS) is 10.8. The highest BCUT2D eigenvalue weighted by atomic mass is 16.5. The van der Waals surface area contributed by atoms with E-state index in [1.165, 1.54) is 0 Å². The summed E-state index contributed by atoms with van der Waals surface area (Å²) in [7, 11) is 1.64. The maximum absolute atomic E-state index is 5.85. The maximum Gasteiger partial charge on any atom is 0.286 e. The van der Waals surface area contributed by atoms with Gasteiger partial charge in [-0.25, -0.2) is 9.97 Å². The number of fused-ring (bicyclic) bond motifs is 1. The van der Waals surface area contributed by atoms with Crippen LogP contribution >= 0.6 is 0 Å². The van der Waals surface area contributed by atoms with Crippen LogP contribution in [0.4, 0.5) is 11.5 Å². The van der Waals surface area contributed by atoms with Crippen molar-refractivity contribution in [2.24, 2.45) is 0 Å². The van der Waals surface area contributed by atoms with Gasteiger partial charge >= 0.3 is 0 Å². The molecule has 5 rings (SSSR count). The van der Waals surface area contributed by atoms with Crippen molar-refractivity contribution in [2.45, 2.75) is 0 Å². The van der Waals surface area contributed by atoms with Crippen molar-refractivity contribution < 1.29 is 9.15 Å². The molecular formula is C23H17N5O2.